The molecule has 0 bridgehead atoms. The average Bonchev–Trinajstić information content (AvgIpc) is 2.74. The van der Waals surface area contributed by atoms with E-state index in [4.69, 9.17) is 5.73 Å². The molecule has 2 atom stereocenters. The summed E-state index contributed by atoms with van der Waals surface area (Å²) >= 11 is 0. The van der Waals surface area contributed by atoms with Crippen LogP contribution in [0.1, 0.15) is 27.2 Å². The first-order valence-corrected chi connectivity index (χ1v) is 6.37. The van der Waals surface area contributed by atoms with Gasteiger partial charge in [-0.2, -0.15) is 0 Å². The lowest BCUT2D eigenvalue weighted by Gasteiger charge is -2.29. The molecule has 0 amide bonds. The summed E-state index contributed by atoms with van der Waals surface area (Å²) in [4.78, 5) is 5.09. The zero-order chi connectivity index (χ0) is 11.3. The highest BCUT2D eigenvalue weighted by Crippen LogP contribution is 2.17. The zero-order valence-electron chi connectivity index (χ0n) is 10.6. The van der Waals surface area contributed by atoms with E-state index >= 15 is 0 Å². The maximum atomic E-state index is 5.71. The maximum absolute atomic E-state index is 5.71. The lowest BCUT2D eigenvalue weighted by Crippen LogP contribution is -2.41. The Kier molecular flexibility index (Phi) is 5.58. The number of hydrogen-bond donors (Lipinski definition) is 1. The minimum Gasteiger partial charge on any atom is -0.330 e. The third-order valence-electron chi connectivity index (χ3n) is 3.69. The van der Waals surface area contributed by atoms with Crippen molar-refractivity contribution in [1.29, 1.82) is 0 Å². The molecule has 3 heteroatoms. The Hall–Kier alpha value is -0.120. The van der Waals surface area contributed by atoms with Crippen LogP contribution in [0.4, 0.5) is 0 Å². The van der Waals surface area contributed by atoms with Crippen LogP contribution in [0.3, 0.4) is 0 Å². The van der Waals surface area contributed by atoms with Crippen molar-refractivity contribution in [2.45, 2.75) is 33.2 Å². The van der Waals surface area contributed by atoms with Crippen LogP contribution in [0.5, 0.6) is 0 Å². The van der Waals surface area contributed by atoms with Gasteiger partial charge < -0.3 is 10.6 Å². The van der Waals surface area contributed by atoms with E-state index in [2.05, 4.69) is 30.6 Å². The number of rotatable bonds is 6. The van der Waals surface area contributed by atoms with E-state index in [0.717, 1.165) is 25.6 Å². The Morgan fingerprint density at radius 2 is 2.07 bits per heavy atom. The third-order valence-corrected chi connectivity index (χ3v) is 3.69. The van der Waals surface area contributed by atoms with Gasteiger partial charge in [-0.05, 0) is 45.4 Å². The summed E-state index contributed by atoms with van der Waals surface area (Å²) in [6, 6.07) is 0.682. The van der Waals surface area contributed by atoms with Gasteiger partial charge in [-0.1, -0.05) is 13.8 Å². The Morgan fingerprint density at radius 1 is 1.40 bits per heavy atom. The lowest BCUT2D eigenvalue weighted by atomic mass is 10.1. The largest absolute Gasteiger partial charge is 0.330 e. The van der Waals surface area contributed by atoms with E-state index < -0.39 is 0 Å². The highest BCUT2D eigenvalue weighted by molar-refractivity contribution is 4.81. The number of likely N-dealkylation sites (tertiary alicyclic amines) is 1. The molecule has 1 aliphatic rings. The molecule has 0 aromatic heterocycles. The quantitative estimate of drug-likeness (QED) is 0.714. The second kappa shape index (κ2) is 6.46. The smallest absolute Gasteiger partial charge is 0.0195 e. The zero-order valence-corrected chi connectivity index (χ0v) is 10.6. The van der Waals surface area contributed by atoms with Crippen molar-refractivity contribution in [2.75, 3.05) is 39.3 Å². The van der Waals surface area contributed by atoms with Gasteiger partial charge in [0, 0.05) is 19.1 Å². The van der Waals surface area contributed by atoms with Crippen molar-refractivity contribution in [3.63, 3.8) is 0 Å². The topological polar surface area (TPSA) is 32.5 Å². The predicted molar refractivity (Wildman–Crippen MR) is 66.0 cm³/mol. The fraction of sp³-hybridized carbons (Fsp3) is 1.00. The Morgan fingerprint density at radius 3 is 2.53 bits per heavy atom. The van der Waals surface area contributed by atoms with Gasteiger partial charge in [0.15, 0.2) is 0 Å². The minimum absolute atomic E-state index is 0.682. The number of likely N-dealkylation sites (N-methyl/N-ethyl adjacent to an activating group) is 1. The molecule has 1 fully saturated rings. The van der Waals surface area contributed by atoms with Gasteiger partial charge in [0.2, 0.25) is 0 Å². The van der Waals surface area contributed by atoms with Crippen molar-refractivity contribution in [3.05, 3.63) is 0 Å². The van der Waals surface area contributed by atoms with Crippen molar-refractivity contribution >= 4 is 0 Å². The SMILES string of the molecule is CCN(CC)CC(C)N1CCC(CN)C1. The summed E-state index contributed by atoms with van der Waals surface area (Å²) in [5.41, 5.74) is 5.71. The summed E-state index contributed by atoms with van der Waals surface area (Å²) in [7, 11) is 0. The van der Waals surface area contributed by atoms with Crippen molar-refractivity contribution < 1.29 is 0 Å². The van der Waals surface area contributed by atoms with Gasteiger partial charge in [-0.3, -0.25) is 4.90 Å². The van der Waals surface area contributed by atoms with E-state index in [9.17, 15) is 0 Å². The molecule has 0 aromatic carbocycles. The molecule has 1 rings (SSSR count). The Balaban J connectivity index is 2.31. The third kappa shape index (κ3) is 3.74. The first-order chi connectivity index (χ1) is 7.21. The summed E-state index contributed by atoms with van der Waals surface area (Å²) in [5, 5.41) is 0. The molecule has 15 heavy (non-hydrogen) atoms. The summed E-state index contributed by atoms with van der Waals surface area (Å²) in [6.07, 6.45) is 1.29. The molecule has 0 radical (unpaired) electrons. The van der Waals surface area contributed by atoms with Crippen molar-refractivity contribution in [1.82, 2.24) is 9.80 Å². The van der Waals surface area contributed by atoms with Gasteiger partial charge in [-0.25, -0.2) is 0 Å². The van der Waals surface area contributed by atoms with E-state index in [1.165, 1.54) is 26.1 Å². The molecule has 0 aromatic rings. The van der Waals surface area contributed by atoms with Crippen LogP contribution >= 0.6 is 0 Å². The van der Waals surface area contributed by atoms with Gasteiger partial charge in [0.05, 0.1) is 0 Å². The number of hydrogen-bond acceptors (Lipinski definition) is 3. The Bertz CT molecular complexity index is 168. The molecular formula is C12H27N3. The monoisotopic (exact) mass is 213 g/mol. The van der Waals surface area contributed by atoms with Crippen LogP contribution in [0.25, 0.3) is 0 Å². The summed E-state index contributed by atoms with van der Waals surface area (Å²) < 4.78 is 0. The molecule has 0 spiro atoms. The first-order valence-electron chi connectivity index (χ1n) is 6.37. The Labute approximate surface area is 94.6 Å². The average molecular weight is 213 g/mol. The molecule has 2 N–H and O–H groups in total. The van der Waals surface area contributed by atoms with Crippen LogP contribution in [0.15, 0.2) is 0 Å². The van der Waals surface area contributed by atoms with Crippen LogP contribution in [0.2, 0.25) is 0 Å². The predicted octanol–water partition coefficient (Wildman–Crippen LogP) is 0.997. The number of nitrogens with zero attached hydrogens (tertiary/aromatic N) is 2. The molecule has 0 aliphatic carbocycles. The van der Waals surface area contributed by atoms with Gasteiger partial charge in [0.25, 0.3) is 0 Å². The van der Waals surface area contributed by atoms with Gasteiger partial charge >= 0.3 is 0 Å². The van der Waals surface area contributed by atoms with E-state index in [0.29, 0.717) is 6.04 Å². The first kappa shape index (κ1) is 12.9. The number of nitrogens with two attached hydrogens (primary N) is 1. The van der Waals surface area contributed by atoms with Crippen LogP contribution < -0.4 is 5.73 Å². The molecular weight excluding hydrogens is 186 g/mol. The van der Waals surface area contributed by atoms with Crippen molar-refractivity contribution in [3.8, 4) is 0 Å². The second-order valence-electron chi connectivity index (χ2n) is 4.72. The summed E-state index contributed by atoms with van der Waals surface area (Å²) in [6.45, 7) is 13.6. The molecule has 1 heterocycles. The highest BCUT2D eigenvalue weighted by atomic mass is 15.2. The molecule has 1 aliphatic heterocycles. The lowest BCUT2D eigenvalue weighted by molar-refractivity contribution is 0.177. The fourth-order valence-electron chi connectivity index (χ4n) is 2.43. The van der Waals surface area contributed by atoms with Crippen LogP contribution in [-0.2, 0) is 0 Å². The minimum atomic E-state index is 0.682. The van der Waals surface area contributed by atoms with Gasteiger partial charge in [0.1, 0.15) is 0 Å². The van der Waals surface area contributed by atoms with Crippen LogP contribution in [-0.4, -0.2) is 55.1 Å². The normalized spacial score (nSPS) is 25.0. The summed E-state index contributed by atoms with van der Waals surface area (Å²) in [5.74, 6) is 0.740. The van der Waals surface area contributed by atoms with E-state index in [-0.39, 0.29) is 0 Å². The highest BCUT2D eigenvalue weighted by Gasteiger charge is 2.25. The molecule has 2 unspecified atom stereocenters. The van der Waals surface area contributed by atoms with E-state index in [1.807, 2.05) is 0 Å². The molecule has 3 nitrogen and oxygen atoms in total. The second-order valence-corrected chi connectivity index (χ2v) is 4.72. The van der Waals surface area contributed by atoms with E-state index in [1.54, 1.807) is 0 Å². The molecule has 1 saturated heterocycles. The molecule has 90 valence electrons. The standard InChI is InChI=1S/C12H27N3/c1-4-14(5-2)9-11(3)15-7-6-12(8-13)10-15/h11-12H,4-10,13H2,1-3H3. The van der Waals surface area contributed by atoms with Crippen LogP contribution in [0, 0.1) is 5.92 Å². The van der Waals surface area contributed by atoms with Crippen molar-refractivity contribution in [2.24, 2.45) is 11.7 Å². The molecule has 0 saturated carbocycles. The fourth-order valence-corrected chi connectivity index (χ4v) is 2.43. The maximum Gasteiger partial charge on any atom is 0.0195 e. The van der Waals surface area contributed by atoms with Gasteiger partial charge in [-0.15, -0.1) is 0 Å².